The Balaban J connectivity index is 1.60. The van der Waals surface area contributed by atoms with Crippen molar-refractivity contribution in [3.8, 4) is 0 Å². The second-order valence-corrected chi connectivity index (χ2v) is 19.2. The lowest BCUT2D eigenvalue weighted by Crippen LogP contribution is -2.40. The van der Waals surface area contributed by atoms with Crippen LogP contribution in [0.5, 0.6) is 0 Å². The first-order chi connectivity index (χ1) is 23.7. The Labute approximate surface area is 293 Å². The molecule has 0 N–H and O–H groups in total. The molecule has 2 aromatic heterocycles. The number of morpholine rings is 1. The van der Waals surface area contributed by atoms with Crippen molar-refractivity contribution in [2.45, 2.75) is 65.0 Å². The lowest BCUT2D eigenvalue weighted by Gasteiger charge is -2.36. The van der Waals surface area contributed by atoms with Crippen LogP contribution in [-0.4, -0.2) is 49.7 Å². The van der Waals surface area contributed by atoms with Gasteiger partial charge in [0.2, 0.25) is 0 Å². The highest BCUT2D eigenvalue weighted by Gasteiger charge is 2.38. The summed E-state index contributed by atoms with van der Waals surface area (Å²) in [6, 6.07) is 26.6. The monoisotopic (exact) mass is 698 g/mol. The Morgan fingerprint density at radius 2 is 1.52 bits per heavy atom. The first kappa shape index (κ1) is 35.6. The van der Waals surface area contributed by atoms with E-state index in [4.69, 9.17) is 19.1 Å². The molecule has 0 radical (unpaired) electrons. The quantitative estimate of drug-likeness (QED) is 0.114. The van der Waals surface area contributed by atoms with E-state index in [9.17, 15) is 13.2 Å². The van der Waals surface area contributed by atoms with Gasteiger partial charge in [-0.15, -0.1) is 0 Å². The SMILES string of the molecule is Cc1c(Cc2c(CO[Si](C)(C)C(C)(C)C)nc3c(N=C(c4ccccc4)c4ccccc4)cc(N4CCOCC4)cn23)cccc1C(F)(F)F. The zero-order chi connectivity index (χ0) is 35.7. The zero-order valence-electron chi connectivity index (χ0n) is 29.6. The molecule has 1 fully saturated rings. The second-order valence-electron chi connectivity index (χ2n) is 14.4. The number of hydrogen-bond acceptors (Lipinski definition) is 5. The summed E-state index contributed by atoms with van der Waals surface area (Å²) < 4.78 is 56.6. The Morgan fingerprint density at radius 1 is 0.900 bits per heavy atom. The van der Waals surface area contributed by atoms with Crippen LogP contribution in [0.15, 0.2) is 96.1 Å². The van der Waals surface area contributed by atoms with Crippen molar-refractivity contribution in [1.29, 1.82) is 0 Å². The van der Waals surface area contributed by atoms with E-state index >= 15 is 0 Å². The Kier molecular flexibility index (Phi) is 10.1. The van der Waals surface area contributed by atoms with Gasteiger partial charge in [-0.05, 0) is 48.3 Å². The van der Waals surface area contributed by atoms with Crippen LogP contribution < -0.4 is 4.90 Å². The molecule has 0 amide bonds. The number of imidazole rings is 1. The molecule has 6 nitrogen and oxygen atoms in total. The molecular weight excluding hydrogens is 654 g/mol. The largest absolute Gasteiger partial charge is 0.416 e. The minimum absolute atomic E-state index is 0.0385. The lowest BCUT2D eigenvalue weighted by atomic mass is 9.98. The van der Waals surface area contributed by atoms with E-state index in [0.717, 1.165) is 34.3 Å². The first-order valence-corrected chi connectivity index (χ1v) is 20.0. The maximum absolute atomic E-state index is 14.1. The summed E-state index contributed by atoms with van der Waals surface area (Å²) in [6.07, 6.45) is -2.16. The normalized spacial score (nSPS) is 14.3. The van der Waals surface area contributed by atoms with Gasteiger partial charge >= 0.3 is 6.18 Å². The van der Waals surface area contributed by atoms with Gasteiger partial charge in [0.1, 0.15) is 5.69 Å². The molecule has 0 aliphatic carbocycles. The van der Waals surface area contributed by atoms with Crippen molar-refractivity contribution in [3.63, 3.8) is 0 Å². The molecule has 1 aliphatic heterocycles. The standard InChI is InChI=1S/C40H45F3N4O2Si/c1-28-31(18-13-19-33(28)40(41,42)43)24-36-35(27-49-50(5,6)39(2,3)4)45-38-34(25-32(26-47(36)38)46-20-22-48-23-21-46)44-37(29-14-9-7-10-15-29)30-16-11-8-12-17-30/h7-19,25-26H,20-24,27H2,1-6H3. The summed E-state index contributed by atoms with van der Waals surface area (Å²) in [5.41, 5.74) is 6.60. The number of rotatable bonds is 9. The van der Waals surface area contributed by atoms with Crippen LogP contribution in [0.4, 0.5) is 24.5 Å². The molecule has 3 heterocycles. The number of aromatic nitrogens is 2. The number of ether oxygens (including phenoxy) is 1. The van der Waals surface area contributed by atoms with Crippen molar-refractivity contribution in [3.05, 3.63) is 130 Å². The van der Waals surface area contributed by atoms with Crippen LogP contribution in [0.25, 0.3) is 5.65 Å². The maximum atomic E-state index is 14.1. The molecular formula is C40H45F3N4O2Si. The number of pyridine rings is 1. The molecule has 3 aromatic carbocycles. The highest BCUT2D eigenvalue weighted by Crippen LogP contribution is 2.39. The third kappa shape index (κ3) is 7.57. The van der Waals surface area contributed by atoms with Gasteiger partial charge in [-0.3, -0.25) is 4.40 Å². The first-order valence-electron chi connectivity index (χ1n) is 17.1. The van der Waals surface area contributed by atoms with E-state index in [1.165, 1.54) is 6.07 Å². The fourth-order valence-electron chi connectivity index (χ4n) is 6.02. The predicted molar refractivity (Wildman–Crippen MR) is 197 cm³/mol. The fraction of sp³-hybridized carbons (Fsp3) is 0.350. The fourth-order valence-corrected chi connectivity index (χ4v) is 6.95. The highest BCUT2D eigenvalue weighted by molar-refractivity contribution is 6.74. The number of alkyl halides is 3. The lowest BCUT2D eigenvalue weighted by molar-refractivity contribution is -0.138. The average molecular weight is 699 g/mol. The summed E-state index contributed by atoms with van der Waals surface area (Å²) >= 11 is 0. The molecule has 6 rings (SSSR count). The molecule has 262 valence electrons. The van der Waals surface area contributed by atoms with Crippen molar-refractivity contribution in [1.82, 2.24) is 9.38 Å². The number of fused-ring (bicyclic) bond motifs is 1. The van der Waals surface area contributed by atoms with Gasteiger partial charge in [-0.2, -0.15) is 13.2 Å². The van der Waals surface area contributed by atoms with Gasteiger partial charge in [0, 0.05) is 36.8 Å². The Morgan fingerprint density at radius 3 is 2.10 bits per heavy atom. The van der Waals surface area contributed by atoms with Crippen molar-refractivity contribution in [2.75, 3.05) is 31.2 Å². The van der Waals surface area contributed by atoms with E-state index in [1.807, 2.05) is 71.3 Å². The molecule has 10 heteroatoms. The van der Waals surface area contributed by atoms with Crippen molar-refractivity contribution < 1.29 is 22.3 Å². The van der Waals surface area contributed by atoms with Gasteiger partial charge < -0.3 is 14.1 Å². The molecule has 0 unspecified atom stereocenters. The van der Waals surface area contributed by atoms with Crippen LogP contribution in [0.2, 0.25) is 18.1 Å². The molecule has 1 saturated heterocycles. The zero-order valence-corrected chi connectivity index (χ0v) is 30.6. The Hall–Kier alpha value is -4.25. The number of anilines is 1. The summed E-state index contributed by atoms with van der Waals surface area (Å²) in [6.45, 7) is 15.3. The smallest absolute Gasteiger partial charge is 0.411 e. The number of nitrogens with zero attached hydrogens (tertiary/aromatic N) is 4. The van der Waals surface area contributed by atoms with Gasteiger partial charge in [0.25, 0.3) is 0 Å². The van der Waals surface area contributed by atoms with E-state index in [2.05, 4.69) is 44.8 Å². The van der Waals surface area contributed by atoms with Crippen LogP contribution in [0.1, 0.15) is 60.0 Å². The van der Waals surface area contributed by atoms with E-state index in [1.54, 1.807) is 13.0 Å². The van der Waals surface area contributed by atoms with Crippen LogP contribution >= 0.6 is 0 Å². The van der Waals surface area contributed by atoms with Gasteiger partial charge in [0.15, 0.2) is 14.0 Å². The molecule has 0 bridgehead atoms. The summed E-state index contributed by atoms with van der Waals surface area (Å²) in [4.78, 5) is 12.8. The van der Waals surface area contributed by atoms with Gasteiger partial charge in [0.05, 0.1) is 48.2 Å². The third-order valence-electron chi connectivity index (χ3n) is 10.1. The minimum Gasteiger partial charge on any atom is -0.411 e. The molecule has 1 aliphatic rings. The number of aliphatic imine (C=N–C) groups is 1. The average Bonchev–Trinajstić information content (AvgIpc) is 3.44. The topological polar surface area (TPSA) is 51.4 Å². The minimum atomic E-state index is -4.45. The maximum Gasteiger partial charge on any atom is 0.416 e. The predicted octanol–water partition coefficient (Wildman–Crippen LogP) is 9.78. The molecule has 50 heavy (non-hydrogen) atoms. The van der Waals surface area contributed by atoms with E-state index in [0.29, 0.717) is 48.9 Å². The third-order valence-corrected chi connectivity index (χ3v) is 14.5. The van der Waals surface area contributed by atoms with Gasteiger partial charge in [-0.25, -0.2) is 9.98 Å². The molecule has 0 saturated carbocycles. The number of halogens is 3. The van der Waals surface area contributed by atoms with Crippen molar-refractivity contribution in [2.24, 2.45) is 4.99 Å². The summed E-state index contributed by atoms with van der Waals surface area (Å²) in [7, 11) is -2.21. The van der Waals surface area contributed by atoms with E-state index < -0.39 is 20.1 Å². The van der Waals surface area contributed by atoms with Crippen LogP contribution in [-0.2, 0) is 28.4 Å². The van der Waals surface area contributed by atoms with Crippen LogP contribution in [0.3, 0.4) is 0 Å². The molecule has 0 atom stereocenters. The van der Waals surface area contributed by atoms with E-state index in [-0.39, 0.29) is 23.6 Å². The second kappa shape index (κ2) is 14.2. The van der Waals surface area contributed by atoms with Gasteiger partial charge in [-0.1, -0.05) is 93.6 Å². The summed E-state index contributed by atoms with van der Waals surface area (Å²) in [5, 5.41) is -0.0385. The number of hydrogen-bond donors (Lipinski definition) is 0. The number of benzene rings is 3. The van der Waals surface area contributed by atoms with Crippen molar-refractivity contribution >= 4 is 31.1 Å². The molecule has 0 spiro atoms. The molecule has 5 aromatic rings. The van der Waals surface area contributed by atoms with Crippen LogP contribution in [0, 0.1) is 6.92 Å². The summed E-state index contributed by atoms with van der Waals surface area (Å²) in [5.74, 6) is 0. The Bertz CT molecular complexity index is 1940. The highest BCUT2D eigenvalue weighted by atomic mass is 28.4.